The largest absolute Gasteiger partial charge is 0.503 e. The van der Waals surface area contributed by atoms with Crippen LogP contribution in [0, 0.1) is 0 Å². The number of carbonyl (C=O) groups is 1. The van der Waals surface area contributed by atoms with E-state index in [1.165, 1.54) is 10.9 Å². The number of imidazole rings is 2. The van der Waals surface area contributed by atoms with E-state index < -0.39 is 11.6 Å². The van der Waals surface area contributed by atoms with Crippen LogP contribution in [0.2, 0.25) is 0 Å². The molecule has 8 nitrogen and oxygen atoms in total. The van der Waals surface area contributed by atoms with Crippen LogP contribution in [0.4, 0.5) is 0 Å². The fourth-order valence-electron chi connectivity index (χ4n) is 3.12. The lowest BCUT2D eigenvalue weighted by molar-refractivity contribution is 0.0979. The molecule has 0 fully saturated rings. The van der Waals surface area contributed by atoms with Crippen molar-refractivity contribution in [2.24, 2.45) is 0 Å². The SMILES string of the molecule is CCCC(=O)c1c(O)c(O)n(-c2ccc3nc[nH]c3c2)c1-c1cnc[nH]1. The summed E-state index contributed by atoms with van der Waals surface area (Å²) in [6, 6.07) is 5.34. The summed E-state index contributed by atoms with van der Waals surface area (Å²) >= 11 is 0. The Morgan fingerprint density at radius 1 is 1.23 bits per heavy atom. The number of Topliss-reactive ketones (excluding diaryl/α,β-unsaturated/α-hetero) is 1. The van der Waals surface area contributed by atoms with Crippen LogP contribution in [-0.4, -0.2) is 40.5 Å². The van der Waals surface area contributed by atoms with Gasteiger partial charge < -0.3 is 20.2 Å². The molecular weight excluding hydrogens is 334 g/mol. The highest BCUT2D eigenvalue weighted by Crippen LogP contribution is 2.43. The molecule has 0 unspecified atom stereocenters. The summed E-state index contributed by atoms with van der Waals surface area (Å²) in [4.78, 5) is 26.8. The maximum Gasteiger partial charge on any atom is 0.240 e. The van der Waals surface area contributed by atoms with Gasteiger partial charge in [0, 0.05) is 6.42 Å². The number of aromatic amines is 2. The minimum Gasteiger partial charge on any atom is -0.503 e. The first kappa shape index (κ1) is 15.9. The van der Waals surface area contributed by atoms with E-state index in [1.807, 2.05) is 6.92 Å². The van der Waals surface area contributed by atoms with Gasteiger partial charge in [-0.05, 0) is 24.6 Å². The van der Waals surface area contributed by atoms with Crippen LogP contribution in [-0.2, 0) is 0 Å². The summed E-state index contributed by atoms with van der Waals surface area (Å²) in [6.07, 6.45) is 5.49. The third-order valence-corrected chi connectivity index (χ3v) is 4.29. The molecule has 3 aromatic heterocycles. The second kappa shape index (κ2) is 6.07. The molecule has 4 N–H and O–H groups in total. The van der Waals surface area contributed by atoms with Crippen molar-refractivity contribution in [3.63, 3.8) is 0 Å². The Morgan fingerprint density at radius 3 is 2.81 bits per heavy atom. The molecule has 0 amide bonds. The van der Waals surface area contributed by atoms with E-state index in [1.54, 1.807) is 30.7 Å². The third kappa shape index (κ3) is 2.34. The predicted molar refractivity (Wildman–Crippen MR) is 95.6 cm³/mol. The standard InChI is InChI=1S/C18H17N5O3/c1-2-3-14(24)15-16(13-7-19-8-20-13)23(18(26)17(15)25)10-4-5-11-12(6-10)22-9-21-11/h4-9,25-26H,2-3H2,1H3,(H,19,20)(H,21,22). The number of aromatic nitrogens is 5. The van der Waals surface area contributed by atoms with Crippen molar-refractivity contribution in [1.29, 1.82) is 0 Å². The molecule has 0 spiro atoms. The number of benzene rings is 1. The molecule has 0 saturated heterocycles. The first-order valence-electron chi connectivity index (χ1n) is 8.24. The average molecular weight is 351 g/mol. The highest BCUT2D eigenvalue weighted by atomic mass is 16.3. The van der Waals surface area contributed by atoms with E-state index in [0.717, 1.165) is 11.0 Å². The molecular formula is C18H17N5O3. The summed E-state index contributed by atoms with van der Waals surface area (Å²) in [6.45, 7) is 1.88. The number of aromatic hydroxyl groups is 2. The van der Waals surface area contributed by atoms with Crippen LogP contribution in [0.5, 0.6) is 11.6 Å². The molecule has 132 valence electrons. The minimum absolute atomic E-state index is 0.0818. The lowest BCUT2D eigenvalue weighted by atomic mass is 10.0. The maximum atomic E-state index is 12.6. The first-order valence-corrected chi connectivity index (χ1v) is 8.24. The molecule has 4 aromatic rings. The molecule has 0 atom stereocenters. The molecule has 0 saturated carbocycles. The number of ketones is 1. The van der Waals surface area contributed by atoms with Crippen LogP contribution in [0.3, 0.4) is 0 Å². The summed E-state index contributed by atoms with van der Waals surface area (Å²) in [7, 11) is 0. The van der Waals surface area contributed by atoms with E-state index in [4.69, 9.17) is 0 Å². The van der Waals surface area contributed by atoms with Crippen molar-refractivity contribution >= 4 is 16.8 Å². The number of hydrogen-bond donors (Lipinski definition) is 4. The minimum atomic E-state index is -0.433. The van der Waals surface area contributed by atoms with Gasteiger partial charge in [0.05, 0.1) is 52.5 Å². The fraction of sp³-hybridized carbons (Fsp3) is 0.167. The van der Waals surface area contributed by atoms with Gasteiger partial charge in [-0.15, -0.1) is 0 Å². The lowest BCUT2D eigenvalue weighted by Gasteiger charge is -2.10. The smallest absolute Gasteiger partial charge is 0.240 e. The van der Waals surface area contributed by atoms with Crippen molar-refractivity contribution in [3.05, 3.63) is 42.6 Å². The molecule has 8 heteroatoms. The van der Waals surface area contributed by atoms with Crippen molar-refractivity contribution < 1.29 is 15.0 Å². The summed E-state index contributed by atoms with van der Waals surface area (Å²) in [5.41, 5.74) is 3.09. The topological polar surface area (TPSA) is 120 Å². The van der Waals surface area contributed by atoms with E-state index in [0.29, 0.717) is 23.5 Å². The third-order valence-electron chi connectivity index (χ3n) is 4.29. The van der Waals surface area contributed by atoms with Gasteiger partial charge in [0.2, 0.25) is 5.88 Å². The number of fused-ring (bicyclic) bond motifs is 1. The van der Waals surface area contributed by atoms with Crippen LogP contribution in [0.15, 0.2) is 37.1 Å². The fourth-order valence-corrected chi connectivity index (χ4v) is 3.12. The Hall–Kier alpha value is -3.55. The zero-order valence-corrected chi connectivity index (χ0v) is 14.0. The molecule has 1 aromatic carbocycles. The number of hydrogen-bond acceptors (Lipinski definition) is 5. The van der Waals surface area contributed by atoms with E-state index in [2.05, 4.69) is 19.9 Å². The maximum absolute atomic E-state index is 12.6. The van der Waals surface area contributed by atoms with Gasteiger partial charge in [0.25, 0.3) is 0 Å². The van der Waals surface area contributed by atoms with Gasteiger partial charge in [-0.2, -0.15) is 0 Å². The Morgan fingerprint density at radius 2 is 2.08 bits per heavy atom. The molecule has 0 bridgehead atoms. The molecule has 26 heavy (non-hydrogen) atoms. The lowest BCUT2D eigenvalue weighted by Crippen LogP contribution is -2.03. The predicted octanol–water partition coefficient (Wildman–Crippen LogP) is 3.14. The Labute approximate surface area is 148 Å². The molecule has 0 aliphatic carbocycles. The Balaban J connectivity index is 2.02. The Bertz CT molecular complexity index is 1090. The van der Waals surface area contributed by atoms with Crippen LogP contribution >= 0.6 is 0 Å². The van der Waals surface area contributed by atoms with Crippen molar-refractivity contribution in [1.82, 2.24) is 24.5 Å². The normalized spacial score (nSPS) is 11.3. The zero-order valence-electron chi connectivity index (χ0n) is 14.0. The highest BCUT2D eigenvalue weighted by molar-refractivity contribution is 6.05. The number of H-pyrrole nitrogens is 2. The van der Waals surface area contributed by atoms with Crippen molar-refractivity contribution in [2.45, 2.75) is 19.8 Å². The molecule has 0 aliphatic heterocycles. The van der Waals surface area contributed by atoms with E-state index >= 15 is 0 Å². The zero-order chi connectivity index (χ0) is 18.3. The second-order valence-electron chi connectivity index (χ2n) is 5.97. The quantitative estimate of drug-likeness (QED) is 0.412. The van der Waals surface area contributed by atoms with Crippen LogP contribution < -0.4 is 0 Å². The van der Waals surface area contributed by atoms with Crippen LogP contribution in [0.25, 0.3) is 28.1 Å². The van der Waals surface area contributed by atoms with Crippen molar-refractivity contribution in [3.8, 4) is 28.7 Å². The first-order chi connectivity index (χ1) is 12.6. The number of nitrogens with zero attached hydrogens (tertiary/aromatic N) is 3. The van der Waals surface area contributed by atoms with Crippen LogP contribution in [0.1, 0.15) is 30.1 Å². The van der Waals surface area contributed by atoms with Gasteiger partial charge in [0.1, 0.15) is 0 Å². The van der Waals surface area contributed by atoms with E-state index in [9.17, 15) is 15.0 Å². The number of nitrogens with one attached hydrogen (secondary N) is 2. The molecule has 0 aliphatic rings. The van der Waals surface area contributed by atoms with Gasteiger partial charge in [-0.3, -0.25) is 9.36 Å². The average Bonchev–Trinajstić information content (AvgIpc) is 3.35. The van der Waals surface area contributed by atoms with Gasteiger partial charge >= 0.3 is 0 Å². The highest BCUT2D eigenvalue weighted by Gasteiger charge is 2.29. The molecule has 0 radical (unpaired) electrons. The van der Waals surface area contributed by atoms with Gasteiger partial charge in [-0.25, -0.2) is 9.97 Å². The summed E-state index contributed by atoms with van der Waals surface area (Å²) in [5.74, 6) is -1.07. The molecule has 4 rings (SSSR count). The summed E-state index contributed by atoms with van der Waals surface area (Å²) < 4.78 is 1.44. The number of rotatable bonds is 5. The summed E-state index contributed by atoms with van der Waals surface area (Å²) in [5, 5.41) is 21.1. The Kier molecular flexibility index (Phi) is 3.72. The second-order valence-corrected chi connectivity index (χ2v) is 5.97. The number of carbonyl (C=O) groups excluding carboxylic acids is 1. The van der Waals surface area contributed by atoms with E-state index in [-0.39, 0.29) is 17.8 Å². The van der Waals surface area contributed by atoms with Crippen molar-refractivity contribution in [2.75, 3.05) is 0 Å². The monoisotopic (exact) mass is 351 g/mol. The van der Waals surface area contributed by atoms with Gasteiger partial charge in [-0.1, -0.05) is 6.92 Å². The van der Waals surface area contributed by atoms with Gasteiger partial charge in [0.15, 0.2) is 11.5 Å². The molecule has 3 heterocycles.